The lowest BCUT2D eigenvalue weighted by molar-refractivity contribution is 0.0531. The van der Waals surface area contributed by atoms with E-state index in [1.54, 1.807) is 33.3 Å². The molecule has 0 aliphatic carbocycles. The quantitative estimate of drug-likeness (QED) is 0.0682. The SMILES string of the molecule is CC(C)C(C)O.COCCCN1C(=O)c2ccc3c4ccc5c6c(ccc(c7ccc(c2c37)C1=O)c64)C(=O)N(C(C)CC(C)C)C5=O.COCCO. The van der Waals surface area contributed by atoms with Gasteiger partial charge < -0.3 is 19.7 Å². The van der Waals surface area contributed by atoms with E-state index in [1.165, 1.54) is 9.80 Å². The third kappa shape index (κ3) is 6.88. The monoisotopic (exact) mass is 710 g/mol. The summed E-state index contributed by atoms with van der Waals surface area (Å²) in [5.41, 5.74) is 2.07. The number of imide groups is 2. The zero-order valence-electron chi connectivity index (χ0n) is 31.4. The molecule has 4 amide bonds. The minimum absolute atomic E-state index is 0.122. The summed E-state index contributed by atoms with van der Waals surface area (Å²) in [6.07, 6.45) is 1.14. The highest BCUT2D eigenvalue weighted by molar-refractivity contribution is 6.41. The second-order valence-corrected chi connectivity index (χ2v) is 14.4. The van der Waals surface area contributed by atoms with E-state index in [1.807, 2.05) is 57.2 Å². The van der Waals surface area contributed by atoms with Crippen molar-refractivity contribution in [2.45, 2.75) is 66.5 Å². The topological polar surface area (TPSA) is 134 Å². The summed E-state index contributed by atoms with van der Waals surface area (Å²) < 4.78 is 9.57. The number of carbonyl (C=O) groups is 4. The lowest BCUT2D eigenvalue weighted by Crippen LogP contribution is -2.46. The Bertz CT molecular complexity index is 2010. The van der Waals surface area contributed by atoms with Crippen molar-refractivity contribution in [2.24, 2.45) is 11.8 Å². The maximum atomic E-state index is 13.8. The van der Waals surface area contributed by atoms with Crippen molar-refractivity contribution in [1.29, 1.82) is 0 Å². The molecule has 2 N–H and O–H groups in total. The molecule has 2 atom stereocenters. The summed E-state index contributed by atoms with van der Waals surface area (Å²) in [5.74, 6) is -0.377. The summed E-state index contributed by atoms with van der Waals surface area (Å²) in [6, 6.07) is 14.8. The van der Waals surface area contributed by atoms with Gasteiger partial charge in [0.25, 0.3) is 23.6 Å². The molecule has 0 radical (unpaired) electrons. The number of ether oxygens (including phenoxy) is 2. The van der Waals surface area contributed by atoms with Crippen molar-refractivity contribution in [3.63, 3.8) is 0 Å². The maximum absolute atomic E-state index is 13.8. The molecule has 52 heavy (non-hydrogen) atoms. The number of aliphatic hydroxyl groups is 2. The smallest absolute Gasteiger partial charge is 0.261 e. The molecule has 0 spiro atoms. The van der Waals surface area contributed by atoms with Crippen LogP contribution in [0.5, 0.6) is 0 Å². The van der Waals surface area contributed by atoms with Crippen LogP contribution in [0.1, 0.15) is 95.8 Å². The van der Waals surface area contributed by atoms with Gasteiger partial charge in [-0.2, -0.15) is 0 Å². The predicted octanol–water partition coefficient (Wildman–Crippen LogP) is 7.05. The zero-order valence-corrected chi connectivity index (χ0v) is 31.4. The molecule has 10 nitrogen and oxygen atoms in total. The first kappa shape index (κ1) is 38.7. The fourth-order valence-electron chi connectivity index (χ4n) is 7.19. The first-order chi connectivity index (χ1) is 24.8. The molecular formula is C42H50N2O8. The molecule has 0 saturated heterocycles. The van der Waals surface area contributed by atoms with Crippen LogP contribution in [0.4, 0.5) is 0 Å². The average Bonchev–Trinajstić information content (AvgIpc) is 3.11. The molecule has 7 rings (SSSR count). The van der Waals surface area contributed by atoms with Gasteiger partial charge in [-0.1, -0.05) is 52.0 Å². The molecule has 2 aliphatic rings. The number of carbonyl (C=O) groups excluding carboxylic acids is 4. The van der Waals surface area contributed by atoms with E-state index in [0.717, 1.165) is 38.7 Å². The Morgan fingerprint density at radius 3 is 1.29 bits per heavy atom. The van der Waals surface area contributed by atoms with Crippen LogP contribution in [-0.2, 0) is 9.47 Å². The molecule has 10 heteroatoms. The Hall–Kier alpha value is -4.48. The number of fused-ring (bicyclic) bond motifs is 2. The number of benzene rings is 5. The first-order valence-electron chi connectivity index (χ1n) is 18.0. The molecule has 0 bridgehead atoms. The molecular weight excluding hydrogens is 660 g/mol. The third-order valence-electron chi connectivity index (χ3n) is 9.99. The van der Waals surface area contributed by atoms with Crippen LogP contribution < -0.4 is 0 Å². The van der Waals surface area contributed by atoms with Crippen molar-refractivity contribution >= 4 is 66.7 Å². The van der Waals surface area contributed by atoms with E-state index in [0.29, 0.717) is 71.0 Å². The number of hydrogen-bond acceptors (Lipinski definition) is 8. The summed E-state index contributed by atoms with van der Waals surface area (Å²) >= 11 is 0. The van der Waals surface area contributed by atoms with Gasteiger partial charge in [0.15, 0.2) is 0 Å². The Morgan fingerprint density at radius 2 is 0.981 bits per heavy atom. The Labute approximate surface area is 304 Å². The first-order valence-corrected chi connectivity index (χ1v) is 18.0. The largest absolute Gasteiger partial charge is 0.394 e. The van der Waals surface area contributed by atoms with Gasteiger partial charge in [-0.15, -0.1) is 0 Å². The van der Waals surface area contributed by atoms with Crippen LogP contribution in [0.2, 0.25) is 0 Å². The van der Waals surface area contributed by atoms with E-state index in [-0.39, 0.29) is 42.4 Å². The van der Waals surface area contributed by atoms with Gasteiger partial charge in [-0.05, 0) is 95.1 Å². The average molecular weight is 711 g/mol. The molecule has 276 valence electrons. The van der Waals surface area contributed by atoms with Crippen LogP contribution in [0.15, 0.2) is 48.5 Å². The highest BCUT2D eigenvalue weighted by Crippen LogP contribution is 2.46. The van der Waals surface area contributed by atoms with Crippen molar-refractivity contribution in [3.05, 3.63) is 70.8 Å². The van der Waals surface area contributed by atoms with Gasteiger partial charge >= 0.3 is 0 Å². The second-order valence-electron chi connectivity index (χ2n) is 14.4. The summed E-state index contributed by atoms with van der Waals surface area (Å²) in [5, 5.41) is 23.2. The van der Waals surface area contributed by atoms with Gasteiger partial charge in [0.05, 0.1) is 19.3 Å². The van der Waals surface area contributed by atoms with Gasteiger partial charge in [0, 0.05) is 66.4 Å². The molecule has 0 fully saturated rings. The fourth-order valence-corrected chi connectivity index (χ4v) is 7.19. The molecule has 2 unspecified atom stereocenters. The van der Waals surface area contributed by atoms with Crippen molar-refractivity contribution in [3.8, 4) is 0 Å². The molecule has 5 aromatic carbocycles. The number of aliphatic hydroxyl groups excluding tert-OH is 2. The van der Waals surface area contributed by atoms with E-state index < -0.39 is 0 Å². The van der Waals surface area contributed by atoms with Crippen LogP contribution in [0.25, 0.3) is 43.1 Å². The minimum Gasteiger partial charge on any atom is -0.394 e. The van der Waals surface area contributed by atoms with E-state index in [9.17, 15) is 19.2 Å². The summed E-state index contributed by atoms with van der Waals surface area (Å²) in [7, 11) is 3.15. The van der Waals surface area contributed by atoms with Gasteiger partial charge in [-0.3, -0.25) is 29.0 Å². The highest BCUT2D eigenvalue weighted by Gasteiger charge is 2.38. The van der Waals surface area contributed by atoms with E-state index in [2.05, 4.69) is 18.6 Å². The van der Waals surface area contributed by atoms with Crippen LogP contribution in [0, 0.1) is 11.8 Å². The van der Waals surface area contributed by atoms with E-state index >= 15 is 0 Å². The van der Waals surface area contributed by atoms with Gasteiger partial charge in [0.2, 0.25) is 0 Å². The molecule has 2 aliphatic heterocycles. The number of amides is 4. The fraction of sp³-hybridized carbons (Fsp3) is 0.429. The van der Waals surface area contributed by atoms with Crippen molar-refractivity contribution in [1.82, 2.24) is 9.80 Å². The summed E-state index contributed by atoms with van der Waals surface area (Å²) in [4.78, 5) is 57.3. The highest BCUT2D eigenvalue weighted by atomic mass is 16.5. The number of rotatable bonds is 10. The van der Waals surface area contributed by atoms with Crippen molar-refractivity contribution < 1.29 is 38.9 Å². The van der Waals surface area contributed by atoms with Crippen LogP contribution in [0.3, 0.4) is 0 Å². The lowest BCUT2D eigenvalue weighted by Gasteiger charge is -2.33. The van der Waals surface area contributed by atoms with Crippen molar-refractivity contribution in [2.75, 3.05) is 40.6 Å². The third-order valence-corrected chi connectivity index (χ3v) is 9.99. The minimum atomic E-state index is -0.301. The lowest BCUT2D eigenvalue weighted by atomic mass is 9.82. The summed E-state index contributed by atoms with van der Waals surface area (Å²) in [6.45, 7) is 13.2. The predicted molar refractivity (Wildman–Crippen MR) is 204 cm³/mol. The normalized spacial score (nSPS) is 15.2. The Morgan fingerprint density at radius 1 is 0.596 bits per heavy atom. The molecule has 0 aromatic heterocycles. The molecule has 2 heterocycles. The Balaban J connectivity index is 0.000000417. The van der Waals surface area contributed by atoms with Crippen LogP contribution in [-0.4, -0.2) is 96.4 Å². The molecule has 5 aromatic rings. The maximum Gasteiger partial charge on any atom is 0.261 e. The van der Waals surface area contributed by atoms with Gasteiger partial charge in [0.1, 0.15) is 0 Å². The standard InChI is InChI=1S/C34H30N2O5.C5H12O.C3H8O2/c1-17(2)16-18(3)36-33(39)25-12-8-21-19-6-10-23-29-24(32(38)35(31(23)37)14-5-15-41-4)11-7-20(27(19)29)22-9-13-26(34(36)40)30(25)28(21)22;1-4(2)5(3)6;1-5-3-2-4/h6-13,17-18H,5,14-16H2,1-4H3;4-6H,1-3H3;4H,2-3H2,1H3. The van der Waals surface area contributed by atoms with Crippen LogP contribution >= 0.6 is 0 Å². The zero-order chi connectivity index (χ0) is 38.0. The number of nitrogens with zero attached hydrogens (tertiary/aromatic N) is 2. The number of methoxy groups -OCH3 is 2. The van der Waals surface area contributed by atoms with E-state index in [4.69, 9.17) is 14.9 Å². The molecule has 0 saturated carbocycles. The van der Waals surface area contributed by atoms with Gasteiger partial charge in [-0.25, -0.2) is 0 Å². The number of hydrogen-bond donors (Lipinski definition) is 2. The second kappa shape index (κ2) is 16.0. The Kier molecular flexibility index (Phi) is 12.0.